The summed E-state index contributed by atoms with van der Waals surface area (Å²) in [6.07, 6.45) is 40.7. The van der Waals surface area contributed by atoms with E-state index in [-0.39, 0.29) is 19.4 Å². The van der Waals surface area contributed by atoms with Gasteiger partial charge in [0.1, 0.15) is 12.6 Å². The summed E-state index contributed by atoms with van der Waals surface area (Å²) < 4.78 is 38.3. The monoisotopic (exact) mass is 826 g/mol. The highest BCUT2D eigenvalue weighted by atomic mass is 31.2. The minimum absolute atomic E-state index is 0.140. The van der Waals surface area contributed by atoms with Crippen molar-refractivity contribution >= 4 is 25.7 Å². The Hall–Kier alpha value is -2.60. The molecule has 4 N–H and O–H groups in total. The fraction of sp³-hybridized carbons (Fsp3) is 0.750. The van der Waals surface area contributed by atoms with E-state index in [2.05, 4.69) is 54.8 Å². The van der Waals surface area contributed by atoms with Gasteiger partial charge in [-0.05, 0) is 70.6 Å². The van der Waals surface area contributed by atoms with Crippen molar-refractivity contribution in [1.29, 1.82) is 0 Å². The van der Waals surface area contributed by atoms with E-state index in [1.807, 2.05) is 12.2 Å². The lowest BCUT2D eigenvalue weighted by atomic mass is 10.1. The summed E-state index contributed by atoms with van der Waals surface area (Å²) >= 11 is 0. The predicted octanol–water partition coefficient (Wildman–Crippen LogP) is 10.4. The second-order valence-electron chi connectivity index (χ2n) is 14.9. The standard InChI is InChI=1S/C44H76NO11P/c1-3-5-7-8-9-10-11-12-13-14-15-20-23-26-30-34-43(47)55-38(36-53-57(50,51)54-37-39(45)44(48)49)35-52-42(46)33-29-25-22-19-17-16-18-21-24-28-32-41-40(56-41)31-27-6-4-2/h10-11,16,18-19,22,24,28,38-41H,3-9,12-15,17,20-21,23,25-27,29-37,45H2,1-2H3,(H,48,49)(H,50,51)/b11-10-,18-16-,22-19-,28-24-/t38-,39+,40?,41?/m1/s1. The zero-order chi connectivity index (χ0) is 41.8. The lowest BCUT2D eigenvalue weighted by Crippen LogP contribution is -2.34. The molecule has 1 saturated heterocycles. The number of epoxide rings is 1. The zero-order valence-corrected chi connectivity index (χ0v) is 36.0. The van der Waals surface area contributed by atoms with Crippen molar-refractivity contribution < 1.29 is 52.2 Å². The summed E-state index contributed by atoms with van der Waals surface area (Å²) in [7, 11) is -4.73. The summed E-state index contributed by atoms with van der Waals surface area (Å²) in [5.41, 5.74) is 5.33. The van der Waals surface area contributed by atoms with Gasteiger partial charge in [-0.25, -0.2) is 4.57 Å². The first kappa shape index (κ1) is 52.4. The van der Waals surface area contributed by atoms with Gasteiger partial charge in [0.05, 0.1) is 25.4 Å². The smallest absolute Gasteiger partial charge is 0.472 e. The van der Waals surface area contributed by atoms with Crippen LogP contribution in [0, 0.1) is 0 Å². The number of carboxylic acid groups (broad SMARTS) is 1. The number of hydrogen-bond acceptors (Lipinski definition) is 10. The molecule has 0 aromatic rings. The maximum Gasteiger partial charge on any atom is 0.472 e. The van der Waals surface area contributed by atoms with Gasteiger partial charge in [0, 0.05) is 12.8 Å². The van der Waals surface area contributed by atoms with Crippen LogP contribution in [0.4, 0.5) is 0 Å². The maximum atomic E-state index is 12.6. The molecule has 1 aliphatic rings. The van der Waals surface area contributed by atoms with Gasteiger partial charge in [-0.15, -0.1) is 0 Å². The number of carboxylic acids is 1. The van der Waals surface area contributed by atoms with Crippen LogP contribution in [0.3, 0.4) is 0 Å². The molecule has 0 aliphatic carbocycles. The Morgan fingerprint density at radius 3 is 1.84 bits per heavy atom. The molecule has 1 fully saturated rings. The molecular formula is C44H76NO11P. The number of phosphoric ester groups is 1. The molecule has 0 saturated carbocycles. The number of carbonyl (C=O) groups is 3. The van der Waals surface area contributed by atoms with Gasteiger partial charge in [0.2, 0.25) is 0 Å². The van der Waals surface area contributed by atoms with Crippen LogP contribution < -0.4 is 5.73 Å². The van der Waals surface area contributed by atoms with Crippen LogP contribution in [0.25, 0.3) is 0 Å². The average molecular weight is 826 g/mol. The normalized spacial score (nSPS) is 17.8. The van der Waals surface area contributed by atoms with Crippen LogP contribution in [0.1, 0.15) is 168 Å². The van der Waals surface area contributed by atoms with Gasteiger partial charge in [-0.2, -0.15) is 0 Å². The van der Waals surface area contributed by atoms with Crippen molar-refractivity contribution in [2.24, 2.45) is 5.73 Å². The molecule has 13 heteroatoms. The number of carbonyl (C=O) groups excluding carboxylic acids is 2. The van der Waals surface area contributed by atoms with Crippen LogP contribution >= 0.6 is 7.82 Å². The molecule has 1 heterocycles. The second-order valence-corrected chi connectivity index (χ2v) is 16.3. The van der Waals surface area contributed by atoms with E-state index in [9.17, 15) is 23.8 Å². The number of esters is 2. The fourth-order valence-electron chi connectivity index (χ4n) is 5.91. The minimum Gasteiger partial charge on any atom is -0.480 e. The molecule has 3 unspecified atom stereocenters. The summed E-state index contributed by atoms with van der Waals surface area (Å²) in [6, 6.07) is -1.53. The van der Waals surface area contributed by atoms with E-state index in [0.29, 0.717) is 31.5 Å². The number of ether oxygens (including phenoxy) is 3. The van der Waals surface area contributed by atoms with Gasteiger partial charge in [-0.1, -0.05) is 133 Å². The third kappa shape index (κ3) is 33.0. The van der Waals surface area contributed by atoms with Crippen molar-refractivity contribution in [3.63, 3.8) is 0 Å². The highest BCUT2D eigenvalue weighted by molar-refractivity contribution is 7.47. The molecule has 0 radical (unpaired) electrons. The minimum atomic E-state index is -4.73. The van der Waals surface area contributed by atoms with Gasteiger partial charge in [0.15, 0.2) is 6.10 Å². The van der Waals surface area contributed by atoms with Gasteiger partial charge in [0.25, 0.3) is 0 Å². The lowest BCUT2D eigenvalue weighted by molar-refractivity contribution is -0.161. The van der Waals surface area contributed by atoms with E-state index in [4.69, 9.17) is 29.6 Å². The molecule has 5 atom stereocenters. The summed E-state index contributed by atoms with van der Waals surface area (Å²) in [6.45, 7) is 2.69. The number of nitrogens with two attached hydrogens (primary N) is 1. The SMILES string of the molecule is CCCCCC/C=C\CCCCCCCCCC(=O)O[C@H](COC(=O)CCC/C=C\C/C=C\C/C=C\CC1OC1CCCCC)COP(=O)(O)OC[C@H](N)C(=O)O. The third-order valence-electron chi connectivity index (χ3n) is 9.47. The molecule has 0 amide bonds. The zero-order valence-electron chi connectivity index (χ0n) is 35.1. The van der Waals surface area contributed by atoms with Crippen LogP contribution in [-0.4, -0.2) is 72.1 Å². The van der Waals surface area contributed by atoms with E-state index in [1.165, 1.54) is 70.6 Å². The van der Waals surface area contributed by atoms with Crippen molar-refractivity contribution in [3.8, 4) is 0 Å². The number of rotatable bonds is 39. The Morgan fingerprint density at radius 2 is 1.18 bits per heavy atom. The average Bonchev–Trinajstić information content (AvgIpc) is 3.94. The Bertz CT molecular complexity index is 1220. The van der Waals surface area contributed by atoms with E-state index < -0.39 is 51.1 Å². The van der Waals surface area contributed by atoms with Crippen LogP contribution in [0.2, 0.25) is 0 Å². The molecule has 328 valence electrons. The summed E-state index contributed by atoms with van der Waals surface area (Å²) in [5.74, 6) is -2.46. The van der Waals surface area contributed by atoms with Crippen molar-refractivity contribution in [1.82, 2.24) is 0 Å². The van der Waals surface area contributed by atoms with Crippen molar-refractivity contribution in [2.75, 3.05) is 19.8 Å². The first-order valence-corrected chi connectivity index (χ1v) is 23.3. The molecular weight excluding hydrogens is 749 g/mol. The van der Waals surface area contributed by atoms with Crippen LogP contribution in [0.15, 0.2) is 48.6 Å². The molecule has 0 bridgehead atoms. The third-order valence-corrected chi connectivity index (χ3v) is 10.4. The topological polar surface area (TPSA) is 184 Å². The molecule has 12 nitrogen and oxygen atoms in total. The summed E-state index contributed by atoms with van der Waals surface area (Å²) in [5, 5.41) is 8.89. The Morgan fingerprint density at radius 1 is 0.649 bits per heavy atom. The predicted molar refractivity (Wildman–Crippen MR) is 226 cm³/mol. The number of aliphatic carboxylic acids is 1. The Balaban J connectivity index is 2.32. The second kappa shape index (κ2) is 35.4. The Labute approximate surface area is 343 Å². The van der Waals surface area contributed by atoms with Gasteiger partial charge < -0.3 is 29.9 Å². The first-order valence-electron chi connectivity index (χ1n) is 21.8. The van der Waals surface area contributed by atoms with Crippen LogP contribution in [0.5, 0.6) is 0 Å². The fourth-order valence-corrected chi connectivity index (χ4v) is 6.69. The lowest BCUT2D eigenvalue weighted by Gasteiger charge is -2.20. The molecule has 1 rings (SSSR count). The quantitative estimate of drug-likeness (QED) is 0.0175. The molecule has 0 spiro atoms. The highest BCUT2D eigenvalue weighted by Crippen LogP contribution is 2.43. The first-order chi connectivity index (χ1) is 27.6. The Kier molecular flexibility index (Phi) is 32.5. The largest absolute Gasteiger partial charge is 0.480 e. The van der Waals surface area contributed by atoms with E-state index >= 15 is 0 Å². The summed E-state index contributed by atoms with van der Waals surface area (Å²) in [4.78, 5) is 45.9. The van der Waals surface area contributed by atoms with E-state index in [1.54, 1.807) is 0 Å². The maximum absolute atomic E-state index is 12.6. The molecule has 57 heavy (non-hydrogen) atoms. The molecule has 0 aromatic carbocycles. The number of phosphoric acid groups is 1. The number of unbranched alkanes of at least 4 members (excludes halogenated alkanes) is 14. The van der Waals surface area contributed by atoms with E-state index in [0.717, 1.165) is 51.4 Å². The highest BCUT2D eigenvalue weighted by Gasteiger charge is 2.36. The number of allylic oxidation sites excluding steroid dienone is 7. The molecule has 1 aliphatic heterocycles. The van der Waals surface area contributed by atoms with Crippen molar-refractivity contribution in [2.45, 2.75) is 192 Å². The van der Waals surface area contributed by atoms with Crippen molar-refractivity contribution in [3.05, 3.63) is 48.6 Å². The molecule has 0 aromatic heterocycles. The van der Waals surface area contributed by atoms with Gasteiger partial charge in [-0.3, -0.25) is 23.4 Å². The van der Waals surface area contributed by atoms with Crippen LogP contribution in [-0.2, 0) is 42.2 Å². The van der Waals surface area contributed by atoms with Gasteiger partial charge >= 0.3 is 25.7 Å². The number of hydrogen-bond donors (Lipinski definition) is 3.